The summed E-state index contributed by atoms with van der Waals surface area (Å²) in [6, 6.07) is 9.03. The molecule has 0 aliphatic carbocycles. The zero-order chi connectivity index (χ0) is 16.3. The van der Waals surface area contributed by atoms with Gasteiger partial charge in [-0.3, -0.25) is 4.90 Å². The molecule has 2 atom stereocenters. The number of carbonyl (C=O) groups excluding carboxylic acids is 1. The Balaban J connectivity index is 1.78. The summed E-state index contributed by atoms with van der Waals surface area (Å²) in [7, 11) is 0. The van der Waals surface area contributed by atoms with E-state index in [0.29, 0.717) is 11.5 Å². The molecule has 4 nitrogen and oxygen atoms in total. The third-order valence-electron chi connectivity index (χ3n) is 4.95. The first-order chi connectivity index (χ1) is 11.1. The molecule has 2 unspecified atom stereocenters. The number of halogens is 1. The van der Waals surface area contributed by atoms with Gasteiger partial charge < -0.3 is 9.84 Å². The summed E-state index contributed by atoms with van der Waals surface area (Å²) in [6.45, 7) is 2.97. The van der Waals surface area contributed by atoms with Gasteiger partial charge in [0.05, 0.1) is 0 Å². The third kappa shape index (κ3) is 3.52. The highest BCUT2D eigenvalue weighted by molar-refractivity contribution is 9.11. The number of esters is 1. The maximum atomic E-state index is 12.8. The fourth-order valence-corrected chi connectivity index (χ4v) is 3.71. The minimum atomic E-state index is -1.64. The Morgan fingerprint density at radius 3 is 2.61 bits per heavy atom. The summed E-state index contributed by atoms with van der Waals surface area (Å²) in [5.74, 6) is -0.122. The van der Waals surface area contributed by atoms with E-state index in [0.717, 1.165) is 32.5 Å². The van der Waals surface area contributed by atoms with Crippen LogP contribution >= 0.6 is 15.9 Å². The van der Waals surface area contributed by atoms with Crippen molar-refractivity contribution >= 4 is 21.9 Å². The number of piperidine rings is 3. The van der Waals surface area contributed by atoms with Gasteiger partial charge in [0.1, 0.15) is 6.10 Å². The maximum absolute atomic E-state index is 12.8. The van der Waals surface area contributed by atoms with E-state index in [2.05, 4.69) is 20.8 Å². The van der Waals surface area contributed by atoms with Crippen LogP contribution in [0.3, 0.4) is 0 Å². The van der Waals surface area contributed by atoms with E-state index in [9.17, 15) is 9.90 Å². The van der Waals surface area contributed by atoms with E-state index < -0.39 is 11.6 Å². The molecule has 0 amide bonds. The van der Waals surface area contributed by atoms with Crippen molar-refractivity contribution in [3.63, 3.8) is 0 Å². The number of carbonyl (C=O) groups is 1. The number of benzene rings is 1. The van der Waals surface area contributed by atoms with Gasteiger partial charge in [0.2, 0.25) is 0 Å². The summed E-state index contributed by atoms with van der Waals surface area (Å²) < 4.78 is 5.76. The molecule has 0 aromatic heterocycles. The lowest BCUT2D eigenvalue weighted by Gasteiger charge is -2.44. The van der Waals surface area contributed by atoms with E-state index in [1.807, 2.05) is 18.2 Å². The number of fused-ring (bicyclic) bond motifs is 3. The van der Waals surface area contributed by atoms with Crippen LogP contribution in [0.1, 0.15) is 24.8 Å². The maximum Gasteiger partial charge on any atom is 0.343 e. The molecule has 0 radical (unpaired) electrons. The van der Waals surface area contributed by atoms with E-state index in [1.165, 1.54) is 0 Å². The van der Waals surface area contributed by atoms with Gasteiger partial charge in [-0.15, -0.1) is 0 Å². The average molecular weight is 380 g/mol. The molecule has 3 fully saturated rings. The molecule has 1 N–H and O–H groups in total. The molecule has 3 heterocycles. The SMILES string of the molecule is O=C(OC1CN2CCC1CC2)C(O)(C/C=C/Br)c1ccccc1. The standard InChI is InChI=1S/C18H22BrNO3/c19-10-4-9-18(22,15-5-2-1-3-6-15)17(21)23-16-13-20-11-7-14(16)8-12-20/h1-6,10,14,16,22H,7-9,11-13H2/b10-4+. The second-order valence-corrected chi connectivity index (χ2v) is 6.90. The Labute approximate surface area is 145 Å². The second kappa shape index (κ2) is 7.16. The highest BCUT2D eigenvalue weighted by atomic mass is 79.9. The molecule has 4 rings (SSSR count). The van der Waals surface area contributed by atoms with Crippen molar-refractivity contribution in [1.82, 2.24) is 4.90 Å². The van der Waals surface area contributed by atoms with Crippen LogP contribution in [0.4, 0.5) is 0 Å². The van der Waals surface area contributed by atoms with E-state index >= 15 is 0 Å². The van der Waals surface area contributed by atoms with Crippen LogP contribution in [0.2, 0.25) is 0 Å². The number of hydrogen-bond donors (Lipinski definition) is 1. The summed E-state index contributed by atoms with van der Waals surface area (Å²) in [5, 5.41) is 11.0. The number of hydrogen-bond acceptors (Lipinski definition) is 4. The summed E-state index contributed by atoms with van der Waals surface area (Å²) >= 11 is 3.20. The van der Waals surface area contributed by atoms with Crippen LogP contribution in [0, 0.1) is 5.92 Å². The number of ether oxygens (including phenoxy) is 1. The van der Waals surface area contributed by atoms with E-state index in [1.54, 1.807) is 23.2 Å². The highest BCUT2D eigenvalue weighted by Gasteiger charge is 2.43. The lowest BCUT2D eigenvalue weighted by Crippen LogP contribution is -2.53. The first-order valence-corrected chi connectivity index (χ1v) is 9.01. The van der Waals surface area contributed by atoms with Crippen molar-refractivity contribution in [3.05, 3.63) is 47.0 Å². The predicted molar refractivity (Wildman–Crippen MR) is 92.1 cm³/mol. The van der Waals surface area contributed by atoms with Gasteiger partial charge in [0, 0.05) is 13.0 Å². The van der Waals surface area contributed by atoms with Crippen molar-refractivity contribution in [2.24, 2.45) is 5.92 Å². The third-order valence-corrected chi connectivity index (χ3v) is 5.32. The number of nitrogens with zero attached hydrogens (tertiary/aromatic N) is 1. The van der Waals surface area contributed by atoms with Gasteiger partial charge in [-0.25, -0.2) is 4.79 Å². The van der Waals surface area contributed by atoms with Crippen LogP contribution in [0.15, 0.2) is 41.4 Å². The van der Waals surface area contributed by atoms with Gasteiger partial charge in [0.25, 0.3) is 0 Å². The molecule has 23 heavy (non-hydrogen) atoms. The Hall–Kier alpha value is -1.17. The van der Waals surface area contributed by atoms with Crippen LogP contribution in [0.5, 0.6) is 0 Å². The lowest BCUT2D eigenvalue weighted by molar-refractivity contribution is -0.181. The molecule has 0 spiro atoms. The smallest absolute Gasteiger partial charge is 0.343 e. The predicted octanol–water partition coefficient (Wildman–Crippen LogP) is 2.81. The highest BCUT2D eigenvalue weighted by Crippen LogP contribution is 2.33. The molecule has 3 aliphatic rings. The second-order valence-electron chi connectivity index (χ2n) is 6.37. The van der Waals surface area contributed by atoms with Crippen molar-refractivity contribution in [2.75, 3.05) is 19.6 Å². The fraction of sp³-hybridized carbons (Fsp3) is 0.500. The topological polar surface area (TPSA) is 49.8 Å². The Bertz CT molecular complexity index is 569. The van der Waals surface area contributed by atoms with E-state index in [-0.39, 0.29) is 12.5 Å². The molecule has 1 aromatic rings. The Morgan fingerprint density at radius 2 is 2.04 bits per heavy atom. The summed E-state index contributed by atoms with van der Waals surface area (Å²) in [5.41, 5.74) is -1.07. The molecule has 5 heteroatoms. The Morgan fingerprint density at radius 1 is 1.35 bits per heavy atom. The van der Waals surface area contributed by atoms with Crippen LogP contribution in [-0.2, 0) is 15.1 Å². The van der Waals surface area contributed by atoms with Crippen molar-refractivity contribution in [1.29, 1.82) is 0 Å². The molecule has 2 bridgehead atoms. The molecule has 3 aliphatic heterocycles. The zero-order valence-corrected chi connectivity index (χ0v) is 14.6. The minimum absolute atomic E-state index is 0.104. The van der Waals surface area contributed by atoms with E-state index in [4.69, 9.17) is 4.74 Å². The van der Waals surface area contributed by atoms with Crippen molar-refractivity contribution in [3.8, 4) is 0 Å². The van der Waals surface area contributed by atoms with Gasteiger partial charge in [-0.2, -0.15) is 0 Å². The van der Waals surface area contributed by atoms with Gasteiger partial charge in [-0.1, -0.05) is 52.3 Å². The molecule has 3 saturated heterocycles. The molecular weight excluding hydrogens is 358 g/mol. The largest absolute Gasteiger partial charge is 0.458 e. The molecule has 124 valence electrons. The average Bonchev–Trinajstić information content (AvgIpc) is 2.61. The Kier molecular flexibility index (Phi) is 5.19. The van der Waals surface area contributed by atoms with Crippen LogP contribution in [0.25, 0.3) is 0 Å². The quantitative estimate of drug-likeness (QED) is 0.799. The first-order valence-electron chi connectivity index (χ1n) is 8.10. The molecule has 1 aromatic carbocycles. The number of rotatable bonds is 5. The minimum Gasteiger partial charge on any atom is -0.458 e. The lowest BCUT2D eigenvalue weighted by atomic mass is 9.85. The number of aliphatic hydroxyl groups is 1. The van der Waals surface area contributed by atoms with Gasteiger partial charge in [-0.05, 0) is 42.4 Å². The zero-order valence-electron chi connectivity index (χ0n) is 13.0. The van der Waals surface area contributed by atoms with Crippen molar-refractivity contribution in [2.45, 2.75) is 31.0 Å². The first kappa shape index (κ1) is 16.7. The summed E-state index contributed by atoms with van der Waals surface area (Å²) in [4.78, 5) is 16.8. The fourth-order valence-electron chi connectivity index (χ4n) is 3.53. The van der Waals surface area contributed by atoms with Crippen molar-refractivity contribution < 1.29 is 14.6 Å². The molecular formula is C18H22BrNO3. The normalized spacial score (nSPS) is 29.4. The van der Waals surface area contributed by atoms with Gasteiger partial charge in [0.15, 0.2) is 5.60 Å². The molecule has 0 saturated carbocycles. The summed E-state index contributed by atoms with van der Waals surface area (Å²) in [6.07, 6.45) is 3.95. The van der Waals surface area contributed by atoms with Crippen LogP contribution in [-0.4, -0.2) is 41.7 Å². The van der Waals surface area contributed by atoms with Gasteiger partial charge >= 0.3 is 5.97 Å². The van der Waals surface area contributed by atoms with Crippen LogP contribution < -0.4 is 0 Å². The monoisotopic (exact) mass is 379 g/mol.